The van der Waals surface area contributed by atoms with Gasteiger partial charge in [-0.25, -0.2) is 4.99 Å². The molecule has 2 aromatic rings. The molecule has 130 valence electrons. The van der Waals surface area contributed by atoms with Crippen LogP contribution in [0.4, 0.5) is 14.5 Å². The minimum absolute atomic E-state index is 0.0639. The molecule has 25 heavy (non-hydrogen) atoms. The van der Waals surface area contributed by atoms with E-state index in [4.69, 9.17) is 0 Å². The minimum atomic E-state index is -3.68. The molecule has 0 bridgehead atoms. The van der Waals surface area contributed by atoms with Crippen molar-refractivity contribution in [2.45, 2.75) is 13.2 Å². The van der Waals surface area contributed by atoms with Crippen molar-refractivity contribution in [3.8, 4) is 11.5 Å². The van der Waals surface area contributed by atoms with Crippen molar-refractivity contribution in [1.29, 1.82) is 0 Å². The number of amides is 1. The van der Waals surface area contributed by atoms with E-state index in [1.807, 2.05) is 0 Å². The van der Waals surface area contributed by atoms with Gasteiger partial charge in [0.25, 0.3) is 5.91 Å². The summed E-state index contributed by atoms with van der Waals surface area (Å²) in [6, 6.07) is 7.37. The first-order valence-electron chi connectivity index (χ1n) is 7.13. The molecule has 1 aliphatic heterocycles. The Morgan fingerprint density at radius 2 is 2.00 bits per heavy atom. The largest absolute Gasteiger partial charge is 0.586 e. The summed E-state index contributed by atoms with van der Waals surface area (Å²) < 4.78 is 34.8. The number of hydrogen-bond donors (Lipinski definition) is 1. The third kappa shape index (κ3) is 4.05. The van der Waals surface area contributed by atoms with Gasteiger partial charge in [-0.15, -0.1) is 8.78 Å². The number of halogens is 2. The van der Waals surface area contributed by atoms with Crippen LogP contribution < -0.4 is 14.8 Å². The number of carbonyl (C=O) groups is 1. The molecule has 1 aromatic carbocycles. The van der Waals surface area contributed by atoms with Crippen LogP contribution in [0.5, 0.6) is 11.5 Å². The number of aromatic nitrogens is 1. The Balaban J connectivity index is 1.78. The summed E-state index contributed by atoms with van der Waals surface area (Å²) in [4.78, 5) is 20.5. The zero-order chi connectivity index (χ0) is 18.0. The van der Waals surface area contributed by atoms with Crippen LogP contribution in [0, 0.1) is 6.92 Å². The second kappa shape index (κ2) is 6.67. The van der Waals surface area contributed by atoms with Crippen molar-refractivity contribution in [1.82, 2.24) is 10.3 Å². The number of amidine groups is 1. The summed E-state index contributed by atoms with van der Waals surface area (Å²) in [6.45, 7) is 1.78. The maximum atomic E-state index is 13.0. The molecule has 0 unspecified atom stereocenters. The second-order valence-electron chi connectivity index (χ2n) is 5.06. The van der Waals surface area contributed by atoms with Crippen LogP contribution in [0.25, 0.3) is 0 Å². The van der Waals surface area contributed by atoms with Gasteiger partial charge in [-0.1, -0.05) is 11.8 Å². The van der Waals surface area contributed by atoms with Crippen LogP contribution in [0.3, 0.4) is 0 Å². The molecule has 0 radical (unpaired) electrons. The first-order valence-corrected chi connectivity index (χ1v) is 8.35. The Morgan fingerprint density at radius 1 is 1.24 bits per heavy atom. The number of alkyl halides is 2. The molecule has 1 aromatic heterocycles. The topological polar surface area (TPSA) is 72.8 Å². The summed E-state index contributed by atoms with van der Waals surface area (Å²) in [5.41, 5.74) is 1.50. The molecule has 9 heteroatoms. The third-order valence-corrected chi connectivity index (χ3v) is 3.77. The number of aryl methyl sites for hydroxylation is 1. The number of benzene rings is 1. The van der Waals surface area contributed by atoms with Crippen LogP contribution in [-0.4, -0.2) is 28.6 Å². The fraction of sp³-hybridized carbons (Fsp3) is 0.188. The molecule has 2 heterocycles. The zero-order valence-electron chi connectivity index (χ0n) is 13.2. The van der Waals surface area contributed by atoms with E-state index < -0.39 is 6.29 Å². The van der Waals surface area contributed by atoms with Crippen LogP contribution >= 0.6 is 11.8 Å². The molecule has 0 fully saturated rings. The Bertz CT molecular complexity index is 858. The lowest BCUT2D eigenvalue weighted by atomic mass is 10.2. The Hall–Kier alpha value is -2.68. The van der Waals surface area contributed by atoms with Crippen molar-refractivity contribution in [2.24, 2.45) is 4.99 Å². The predicted octanol–water partition coefficient (Wildman–Crippen LogP) is 3.49. The number of thioether (sulfide) groups is 1. The lowest BCUT2D eigenvalue weighted by Gasteiger charge is -2.07. The van der Waals surface area contributed by atoms with Gasteiger partial charge in [0, 0.05) is 23.5 Å². The summed E-state index contributed by atoms with van der Waals surface area (Å²) in [6.07, 6.45) is -0.406. The van der Waals surface area contributed by atoms with Crippen molar-refractivity contribution in [3.05, 3.63) is 47.8 Å². The first-order chi connectivity index (χ1) is 11.9. The Morgan fingerprint density at radius 3 is 2.72 bits per heavy atom. The molecular weight excluding hydrogens is 352 g/mol. The summed E-state index contributed by atoms with van der Waals surface area (Å²) >= 11 is 1.21. The first kappa shape index (κ1) is 17.2. The van der Waals surface area contributed by atoms with E-state index >= 15 is 0 Å². The number of carbonyl (C=O) groups excluding carboxylic acids is 1. The normalized spacial score (nSPS) is 15.1. The van der Waals surface area contributed by atoms with Crippen molar-refractivity contribution in [2.75, 3.05) is 6.26 Å². The molecule has 0 saturated heterocycles. The highest BCUT2D eigenvalue weighted by Crippen LogP contribution is 2.42. The molecule has 0 saturated carbocycles. The summed E-state index contributed by atoms with van der Waals surface area (Å²) in [7, 11) is 0. The SMILES string of the molecule is CSC(=Nc1ccc2c(c1)OC(F)(F)O2)NC(=O)c1ccnc(C)c1. The van der Waals surface area contributed by atoms with E-state index in [1.54, 1.807) is 25.3 Å². The zero-order valence-corrected chi connectivity index (χ0v) is 14.1. The van der Waals surface area contributed by atoms with Gasteiger partial charge >= 0.3 is 6.29 Å². The number of nitrogens with zero attached hydrogens (tertiary/aromatic N) is 2. The quantitative estimate of drug-likeness (QED) is 0.651. The van der Waals surface area contributed by atoms with Crippen LogP contribution in [-0.2, 0) is 0 Å². The predicted molar refractivity (Wildman–Crippen MR) is 89.7 cm³/mol. The lowest BCUT2D eigenvalue weighted by molar-refractivity contribution is -0.286. The fourth-order valence-electron chi connectivity index (χ4n) is 2.11. The van der Waals surface area contributed by atoms with Gasteiger partial charge in [0.15, 0.2) is 16.7 Å². The molecule has 1 aliphatic rings. The van der Waals surface area contributed by atoms with Gasteiger partial charge in [-0.3, -0.25) is 9.78 Å². The van der Waals surface area contributed by atoms with Crippen LogP contribution in [0.15, 0.2) is 41.5 Å². The molecule has 0 atom stereocenters. The number of hydrogen-bond acceptors (Lipinski definition) is 6. The molecular formula is C16H13F2N3O3S. The summed E-state index contributed by atoms with van der Waals surface area (Å²) in [5.74, 6) is -0.514. The van der Waals surface area contributed by atoms with Crippen molar-refractivity contribution >= 4 is 28.5 Å². The molecule has 1 N–H and O–H groups in total. The number of rotatable bonds is 2. The average Bonchev–Trinajstić information content (AvgIpc) is 2.87. The van der Waals surface area contributed by atoms with E-state index in [0.29, 0.717) is 22.1 Å². The average molecular weight is 365 g/mol. The highest BCUT2D eigenvalue weighted by atomic mass is 32.2. The number of fused-ring (bicyclic) bond motifs is 1. The van der Waals surface area contributed by atoms with Crippen LogP contribution in [0.1, 0.15) is 16.1 Å². The smallest absolute Gasteiger partial charge is 0.395 e. The third-order valence-electron chi connectivity index (χ3n) is 3.19. The Labute approximate surface area is 146 Å². The Kier molecular flexibility index (Phi) is 4.58. The van der Waals surface area contributed by atoms with Crippen LogP contribution in [0.2, 0.25) is 0 Å². The maximum absolute atomic E-state index is 13.0. The number of pyridine rings is 1. The minimum Gasteiger partial charge on any atom is -0.395 e. The van der Waals surface area contributed by atoms with E-state index in [9.17, 15) is 13.6 Å². The lowest BCUT2D eigenvalue weighted by Crippen LogP contribution is -2.28. The van der Waals surface area contributed by atoms with Gasteiger partial charge in [0.2, 0.25) is 0 Å². The van der Waals surface area contributed by atoms with Gasteiger partial charge < -0.3 is 14.8 Å². The van der Waals surface area contributed by atoms with Crippen molar-refractivity contribution < 1.29 is 23.0 Å². The standard InChI is InChI=1S/C16H13F2N3O3S/c1-9-7-10(5-6-19-9)14(22)21-15(25-2)20-11-3-4-12-13(8-11)24-16(17,18)23-12/h3-8H,1-2H3,(H,20,21,22). The number of aliphatic imine (C=N–C) groups is 1. The second-order valence-corrected chi connectivity index (χ2v) is 5.85. The summed E-state index contributed by atoms with van der Waals surface area (Å²) in [5, 5.41) is 2.98. The van der Waals surface area contributed by atoms with Gasteiger partial charge in [0.05, 0.1) is 5.69 Å². The van der Waals surface area contributed by atoms with Gasteiger partial charge in [-0.2, -0.15) is 0 Å². The fourth-order valence-corrected chi connectivity index (χ4v) is 2.50. The maximum Gasteiger partial charge on any atom is 0.586 e. The molecule has 0 aliphatic carbocycles. The van der Waals surface area contributed by atoms with Gasteiger partial charge in [0.1, 0.15) is 0 Å². The monoisotopic (exact) mass is 365 g/mol. The number of nitrogens with one attached hydrogen (secondary N) is 1. The highest BCUT2D eigenvalue weighted by Gasteiger charge is 2.43. The van der Waals surface area contributed by atoms with Crippen molar-refractivity contribution in [3.63, 3.8) is 0 Å². The molecule has 0 spiro atoms. The van der Waals surface area contributed by atoms with E-state index in [0.717, 1.165) is 0 Å². The van der Waals surface area contributed by atoms with E-state index in [-0.39, 0.29) is 17.4 Å². The van der Waals surface area contributed by atoms with E-state index in [1.165, 1.54) is 36.2 Å². The van der Waals surface area contributed by atoms with Gasteiger partial charge in [-0.05, 0) is 37.4 Å². The van der Waals surface area contributed by atoms with E-state index in [2.05, 4.69) is 24.8 Å². The molecule has 1 amide bonds. The molecule has 3 rings (SSSR count). The molecule has 6 nitrogen and oxygen atoms in total. The number of ether oxygens (including phenoxy) is 2. The highest BCUT2D eigenvalue weighted by molar-refractivity contribution is 8.13.